The topological polar surface area (TPSA) is 113 Å². The maximum atomic E-state index is 13.5. The van der Waals surface area contributed by atoms with E-state index in [1.54, 1.807) is 0 Å². The fourth-order valence-electron chi connectivity index (χ4n) is 2.87. The van der Waals surface area contributed by atoms with Crippen LogP contribution in [0, 0.1) is 0 Å². The summed E-state index contributed by atoms with van der Waals surface area (Å²) in [5, 5.41) is 2.92. The molecule has 26 heavy (non-hydrogen) atoms. The van der Waals surface area contributed by atoms with Gasteiger partial charge in [-0.25, -0.2) is 0 Å². The molecule has 1 saturated heterocycles. The summed E-state index contributed by atoms with van der Waals surface area (Å²) in [6, 6.07) is 1.79. The van der Waals surface area contributed by atoms with Crippen LogP contribution in [0.15, 0.2) is 21.7 Å². The number of aromatic amines is 1. The molecule has 12 heteroatoms. The molecule has 140 valence electrons. The first-order chi connectivity index (χ1) is 12.2. The Labute approximate surface area is 144 Å². The number of benzene rings is 1. The van der Waals surface area contributed by atoms with Crippen molar-refractivity contribution in [2.75, 3.05) is 19.7 Å². The minimum Gasteiger partial charge on any atom is -0.371 e. The molecule has 0 saturated carbocycles. The smallest absolute Gasteiger partial charge is 0.371 e. The molecule has 1 aliphatic rings. The quantitative estimate of drug-likeness (QED) is 0.532. The van der Waals surface area contributed by atoms with Crippen LogP contribution in [0.3, 0.4) is 0 Å². The van der Waals surface area contributed by atoms with Crippen LogP contribution < -0.4 is 16.4 Å². The number of nitrogens with one attached hydrogen (secondary N) is 2. The van der Waals surface area contributed by atoms with Crippen molar-refractivity contribution in [1.29, 1.82) is 0 Å². The van der Waals surface area contributed by atoms with Crippen LogP contribution >= 0.6 is 8.03 Å². The van der Waals surface area contributed by atoms with E-state index in [-0.39, 0.29) is 29.7 Å². The van der Waals surface area contributed by atoms with Crippen molar-refractivity contribution < 1.29 is 27.4 Å². The lowest BCUT2D eigenvalue weighted by Gasteiger charge is -2.27. The minimum absolute atomic E-state index is 0.0795. The summed E-state index contributed by atoms with van der Waals surface area (Å²) in [5.41, 5.74) is -3.86. The first-order valence-corrected chi connectivity index (χ1v) is 8.92. The molecule has 3 rings (SSSR count). The van der Waals surface area contributed by atoms with Crippen LogP contribution in [0.5, 0.6) is 0 Å². The van der Waals surface area contributed by atoms with Crippen LogP contribution in [0.25, 0.3) is 11.0 Å². The largest absolute Gasteiger partial charge is 0.527 e. The molecule has 0 amide bonds. The van der Waals surface area contributed by atoms with E-state index in [2.05, 4.69) is 10.3 Å². The zero-order chi connectivity index (χ0) is 19.1. The van der Waals surface area contributed by atoms with Gasteiger partial charge in [0.25, 0.3) is 6.29 Å². The molecule has 2 aromatic rings. The van der Waals surface area contributed by atoms with Gasteiger partial charge in [0, 0.05) is 13.1 Å². The van der Waals surface area contributed by atoms with Crippen LogP contribution in [0.4, 0.5) is 13.2 Å². The summed E-state index contributed by atoms with van der Waals surface area (Å²) >= 11 is 0. The van der Waals surface area contributed by atoms with E-state index in [0.717, 1.165) is 6.07 Å². The predicted octanol–water partition coefficient (Wildman–Crippen LogP) is 1.06. The molecule has 0 bridgehead atoms. The highest BCUT2D eigenvalue weighted by molar-refractivity contribution is 7.36. The van der Waals surface area contributed by atoms with E-state index in [0.29, 0.717) is 17.2 Å². The standard InChI is InChI=1S/C14H13F3N3O5P/c15-14(16,17)8-4-9-10(3-7(8)11-5-18-1-2-25-11)20(6-26(23)24)13(22)12(21)19-9/h3-4,11,18H,1-2,5-6H2,(H-,19,21,23,24)/p+1. The third-order valence-corrected chi connectivity index (χ3v) is 4.51. The van der Waals surface area contributed by atoms with Gasteiger partial charge in [-0.3, -0.25) is 14.2 Å². The number of rotatable bonds is 3. The van der Waals surface area contributed by atoms with Crippen LogP contribution in [-0.4, -0.2) is 34.1 Å². The van der Waals surface area contributed by atoms with Gasteiger partial charge in [0.1, 0.15) is 0 Å². The second-order valence-corrected chi connectivity index (χ2v) is 6.69. The highest BCUT2D eigenvalue weighted by Gasteiger charge is 2.37. The van der Waals surface area contributed by atoms with Crippen molar-refractivity contribution in [1.82, 2.24) is 14.9 Å². The molecule has 1 aromatic heterocycles. The number of halogens is 3. The number of aromatic nitrogens is 2. The van der Waals surface area contributed by atoms with Gasteiger partial charge in [0.05, 0.1) is 29.3 Å². The van der Waals surface area contributed by atoms with Crippen molar-refractivity contribution in [2.24, 2.45) is 0 Å². The molecule has 8 nitrogen and oxygen atoms in total. The normalized spacial score (nSPS) is 18.9. The molecule has 2 heterocycles. The molecule has 2 unspecified atom stereocenters. The summed E-state index contributed by atoms with van der Waals surface area (Å²) in [6.07, 6.45) is -6.34. The van der Waals surface area contributed by atoms with Crippen molar-refractivity contribution in [2.45, 2.75) is 18.6 Å². The number of nitrogens with zero attached hydrogens (tertiary/aromatic N) is 1. The van der Waals surface area contributed by atoms with Gasteiger partial charge in [-0.05, 0) is 22.3 Å². The number of H-pyrrole nitrogens is 1. The van der Waals surface area contributed by atoms with E-state index < -0.39 is 43.3 Å². The highest BCUT2D eigenvalue weighted by Crippen LogP contribution is 2.38. The van der Waals surface area contributed by atoms with Gasteiger partial charge in [-0.1, -0.05) is 0 Å². The number of hydrogen-bond acceptors (Lipinski definition) is 5. The third kappa shape index (κ3) is 3.56. The summed E-state index contributed by atoms with van der Waals surface area (Å²) < 4.78 is 57.7. The summed E-state index contributed by atoms with van der Waals surface area (Å²) in [7, 11) is -2.84. The van der Waals surface area contributed by atoms with Crippen molar-refractivity contribution in [3.63, 3.8) is 0 Å². The summed E-state index contributed by atoms with van der Waals surface area (Å²) in [5.74, 6) is 0. The minimum atomic E-state index is -4.72. The summed E-state index contributed by atoms with van der Waals surface area (Å²) in [6.45, 7) is 0.839. The molecule has 2 atom stereocenters. The van der Waals surface area contributed by atoms with Gasteiger partial charge < -0.3 is 15.0 Å². The molecule has 0 spiro atoms. The van der Waals surface area contributed by atoms with Gasteiger partial charge in [-0.2, -0.15) is 18.1 Å². The van der Waals surface area contributed by atoms with Crippen LogP contribution in [0.2, 0.25) is 0 Å². The summed E-state index contributed by atoms with van der Waals surface area (Å²) in [4.78, 5) is 34.9. The lowest BCUT2D eigenvalue weighted by molar-refractivity contribution is -0.139. The van der Waals surface area contributed by atoms with E-state index >= 15 is 0 Å². The average Bonchev–Trinajstić information content (AvgIpc) is 2.57. The highest BCUT2D eigenvalue weighted by atomic mass is 31.1. The Morgan fingerprint density at radius 3 is 2.65 bits per heavy atom. The Hall–Kier alpha value is -2.07. The van der Waals surface area contributed by atoms with Crippen LogP contribution in [-0.2, 0) is 21.8 Å². The van der Waals surface area contributed by atoms with Gasteiger partial charge in [-0.15, -0.1) is 0 Å². The molecule has 3 N–H and O–H groups in total. The molecule has 0 aliphatic carbocycles. The van der Waals surface area contributed by atoms with E-state index in [1.807, 2.05) is 0 Å². The van der Waals surface area contributed by atoms with E-state index in [1.165, 1.54) is 0 Å². The number of hydrogen-bond donors (Lipinski definition) is 3. The van der Waals surface area contributed by atoms with Gasteiger partial charge in [0.2, 0.25) is 0 Å². The maximum Gasteiger partial charge on any atom is 0.527 e. The Morgan fingerprint density at radius 2 is 2.08 bits per heavy atom. The first kappa shape index (κ1) is 18.7. The van der Waals surface area contributed by atoms with Gasteiger partial charge >= 0.3 is 25.3 Å². The first-order valence-electron chi connectivity index (χ1n) is 7.52. The third-order valence-electron chi connectivity index (χ3n) is 3.99. The second-order valence-electron chi connectivity index (χ2n) is 5.70. The average molecular weight is 392 g/mol. The van der Waals surface area contributed by atoms with E-state index in [9.17, 15) is 27.3 Å². The number of ether oxygens (including phenoxy) is 1. The van der Waals surface area contributed by atoms with Gasteiger partial charge in [0.15, 0.2) is 0 Å². The van der Waals surface area contributed by atoms with E-state index in [4.69, 9.17) is 9.63 Å². The SMILES string of the molecule is O=c1[nH]c2cc(C(F)(F)F)c(C3CNCCO3)cc2n(C[P+](=O)O)c1=O. The fraction of sp³-hybridized carbons (Fsp3) is 0.429. The predicted molar refractivity (Wildman–Crippen MR) is 85.2 cm³/mol. The Kier molecular flexibility index (Phi) is 4.98. The molecule has 0 radical (unpaired) electrons. The Balaban J connectivity index is 2.33. The number of alkyl halides is 3. The van der Waals surface area contributed by atoms with Crippen LogP contribution in [0.1, 0.15) is 17.2 Å². The zero-order valence-electron chi connectivity index (χ0n) is 13.2. The molecular formula is C14H14F3N3O5P+. The molecular weight excluding hydrogens is 378 g/mol. The number of morpholine rings is 1. The molecule has 1 aromatic carbocycles. The molecule has 1 aliphatic heterocycles. The molecule has 1 fully saturated rings. The Bertz CT molecular complexity index is 979. The second kappa shape index (κ2) is 6.92. The lowest BCUT2D eigenvalue weighted by atomic mass is 9.99. The Morgan fingerprint density at radius 1 is 1.35 bits per heavy atom. The van der Waals surface area contributed by atoms with Crippen molar-refractivity contribution in [3.05, 3.63) is 44.0 Å². The number of fused-ring (bicyclic) bond motifs is 1. The zero-order valence-corrected chi connectivity index (χ0v) is 14.1. The lowest BCUT2D eigenvalue weighted by Crippen LogP contribution is -2.37. The maximum absolute atomic E-state index is 13.5. The monoisotopic (exact) mass is 392 g/mol. The van der Waals surface area contributed by atoms with Crippen molar-refractivity contribution >= 4 is 19.1 Å². The van der Waals surface area contributed by atoms with Crippen molar-refractivity contribution in [3.8, 4) is 0 Å². The fourth-order valence-corrected chi connectivity index (χ4v) is 3.40.